The van der Waals surface area contributed by atoms with Crippen LogP contribution in [0.1, 0.15) is 57.8 Å². The minimum absolute atomic E-state index is 0.142. The van der Waals surface area contributed by atoms with Crippen molar-refractivity contribution < 1.29 is 37.8 Å². The number of nitrogens with one attached hydrogen (secondary N) is 4. The lowest BCUT2D eigenvalue weighted by Gasteiger charge is -2.30. The largest absolute Gasteiger partial charge is 0.453 e. The SMILES string of the molecule is COC(=O)N[C@H](C(=O)N1C[Si](C)(C)C[C@H]1c1ncc(-c2ccc(-c3ccc4c(ccc5[nH]c([C@@H]6CC(F)(F)CN6C(=O)[C@@H](NC(=O)CO)C(C)C)nc54)c3)s2)[nH]1)C(C)C. The molecule has 0 saturated carbocycles. The molecule has 4 atom stereocenters. The first kappa shape index (κ1) is 41.9. The predicted molar refractivity (Wildman–Crippen MR) is 223 cm³/mol. The summed E-state index contributed by atoms with van der Waals surface area (Å²) in [6.45, 7) is 10.1. The van der Waals surface area contributed by atoms with Crippen molar-refractivity contribution in [1.82, 2.24) is 40.4 Å². The highest BCUT2D eigenvalue weighted by Crippen LogP contribution is 2.43. The number of benzene rings is 2. The Labute approximate surface area is 345 Å². The van der Waals surface area contributed by atoms with E-state index in [0.717, 1.165) is 42.7 Å². The maximum absolute atomic E-state index is 15.0. The molecule has 4 amide bonds. The number of carbonyl (C=O) groups excluding carboxylic acids is 4. The fraction of sp³-hybridized carbons (Fsp3) is 0.463. The van der Waals surface area contributed by atoms with Gasteiger partial charge in [0.1, 0.15) is 30.3 Å². The van der Waals surface area contributed by atoms with E-state index in [1.54, 1.807) is 31.4 Å². The van der Waals surface area contributed by atoms with E-state index >= 15 is 0 Å². The molecule has 2 aliphatic rings. The van der Waals surface area contributed by atoms with Gasteiger partial charge in [-0.1, -0.05) is 59.0 Å². The lowest BCUT2D eigenvalue weighted by Crippen LogP contribution is -2.52. The molecule has 5 heterocycles. The Morgan fingerprint density at radius 2 is 1.64 bits per heavy atom. The van der Waals surface area contributed by atoms with Gasteiger partial charge in [-0.15, -0.1) is 11.3 Å². The highest BCUT2D eigenvalue weighted by molar-refractivity contribution is 7.18. The number of hydrogen-bond donors (Lipinski definition) is 5. The van der Waals surface area contributed by atoms with Crippen molar-refractivity contribution in [2.24, 2.45) is 11.8 Å². The van der Waals surface area contributed by atoms with E-state index in [0.29, 0.717) is 23.0 Å². The van der Waals surface area contributed by atoms with Crippen LogP contribution in [0.4, 0.5) is 13.6 Å². The van der Waals surface area contributed by atoms with Gasteiger partial charge < -0.3 is 40.2 Å². The summed E-state index contributed by atoms with van der Waals surface area (Å²) in [5, 5.41) is 16.1. The van der Waals surface area contributed by atoms with Crippen LogP contribution in [-0.4, -0.2) is 111 Å². The van der Waals surface area contributed by atoms with Crippen LogP contribution in [0.15, 0.2) is 48.7 Å². The van der Waals surface area contributed by atoms with Crippen molar-refractivity contribution in [1.29, 1.82) is 0 Å². The number of likely N-dealkylation sites (tertiary alicyclic amines) is 1. The van der Waals surface area contributed by atoms with Gasteiger partial charge >= 0.3 is 6.09 Å². The number of ether oxygens (including phenoxy) is 1. The van der Waals surface area contributed by atoms with E-state index in [9.17, 15) is 33.1 Å². The van der Waals surface area contributed by atoms with Crippen LogP contribution in [0, 0.1) is 11.8 Å². The number of fused-ring (bicyclic) bond motifs is 3. The van der Waals surface area contributed by atoms with Gasteiger partial charge in [-0.05, 0) is 53.1 Å². The molecular weight excluding hydrogens is 799 g/mol. The molecule has 2 aromatic carbocycles. The number of alkyl carbamates (subject to hydrolysis) is 1. The van der Waals surface area contributed by atoms with Gasteiger partial charge in [-0.25, -0.2) is 23.5 Å². The number of aromatic amines is 2. The number of aromatic nitrogens is 4. The Morgan fingerprint density at radius 1 is 0.949 bits per heavy atom. The maximum Gasteiger partial charge on any atom is 0.407 e. The van der Waals surface area contributed by atoms with E-state index in [1.807, 2.05) is 55.1 Å². The first-order chi connectivity index (χ1) is 27.9. The zero-order chi connectivity index (χ0) is 42.6. The average molecular weight is 849 g/mol. The summed E-state index contributed by atoms with van der Waals surface area (Å²) in [5.74, 6) is -4.35. The number of hydrogen-bond acceptors (Lipinski definition) is 9. The number of alkyl halides is 2. The van der Waals surface area contributed by atoms with E-state index in [2.05, 4.69) is 39.8 Å². The van der Waals surface area contributed by atoms with Gasteiger partial charge in [0.15, 0.2) is 0 Å². The number of rotatable bonds is 11. The van der Waals surface area contributed by atoms with Crippen LogP contribution in [0.2, 0.25) is 19.1 Å². The van der Waals surface area contributed by atoms with Crippen LogP contribution in [-0.2, 0) is 19.1 Å². The van der Waals surface area contributed by atoms with Gasteiger partial charge in [0, 0.05) is 22.9 Å². The molecule has 0 radical (unpaired) electrons. The van der Waals surface area contributed by atoms with E-state index in [-0.39, 0.29) is 23.7 Å². The topological polar surface area (TPSA) is 186 Å². The molecule has 3 aromatic heterocycles. The lowest BCUT2D eigenvalue weighted by molar-refractivity contribution is -0.140. The fourth-order valence-corrected chi connectivity index (χ4v) is 12.1. The number of aliphatic hydroxyl groups is 1. The molecule has 14 nitrogen and oxygen atoms in total. The first-order valence-corrected chi connectivity index (χ1v) is 23.9. The van der Waals surface area contributed by atoms with Crippen LogP contribution in [0.5, 0.6) is 0 Å². The van der Waals surface area contributed by atoms with Crippen LogP contribution >= 0.6 is 11.3 Å². The molecule has 7 rings (SSSR count). The molecule has 18 heteroatoms. The highest BCUT2D eigenvalue weighted by Gasteiger charge is 2.50. The standard InChI is InChI=1S/C41H50F2N8O6SSi/c1-21(2)33(47-32(53)17-52)38(54)50-19-41(42,43)15-28(50)37-45-26-11-9-23-14-24(8-10-25(23)35(26)48-37)30-12-13-31(58-30)27-16-44-36(46-27)29-18-59(6,7)20-51(29)39(55)34(22(3)4)49-40(56)57-5/h8-14,16,21-22,28-29,33-34,52H,15,17-20H2,1-7H3,(H,44,46)(H,45,48)(H,47,53)(H,49,56)/t28-,29-,33-,34-/m0/s1. The van der Waals surface area contributed by atoms with Crippen LogP contribution in [0.3, 0.4) is 0 Å². The number of amides is 4. The number of imidazole rings is 2. The summed E-state index contributed by atoms with van der Waals surface area (Å²) >= 11 is 1.59. The molecule has 2 aliphatic heterocycles. The third kappa shape index (κ3) is 8.47. The molecule has 0 aliphatic carbocycles. The molecule has 314 valence electrons. The summed E-state index contributed by atoms with van der Waals surface area (Å²) in [5.41, 5.74) is 3.02. The molecule has 0 bridgehead atoms. The molecule has 5 aromatic rings. The normalized spacial score (nSPS) is 19.8. The summed E-state index contributed by atoms with van der Waals surface area (Å²) in [7, 11) is -0.512. The molecule has 0 unspecified atom stereocenters. The van der Waals surface area contributed by atoms with Crippen molar-refractivity contribution in [3.05, 3.63) is 60.3 Å². The second-order valence-corrected chi connectivity index (χ2v) is 23.2. The fourth-order valence-electron chi connectivity index (χ4n) is 8.23. The number of carbonyl (C=O) groups is 4. The van der Waals surface area contributed by atoms with Crippen LogP contribution in [0.25, 0.3) is 42.8 Å². The van der Waals surface area contributed by atoms with Gasteiger partial charge in [0.25, 0.3) is 5.92 Å². The number of thiophene rings is 1. The minimum Gasteiger partial charge on any atom is -0.453 e. The van der Waals surface area contributed by atoms with Gasteiger partial charge in [0.2, 0.25) is 17.7 Å². The minimum atomic E-state index is -3.16. The first-order valence-electron chi connectivity index (χ1n) is 19.7. The van der Waals surface area contributed by atoms with E-state index in [4.69, 9.17) is 14.7 Å². The molecular formula is C41H50F2N8O6SSi. The van der Waals surface area contributed by atoms with Crippen molar-refractivity contribution in [3.63, 3.8) is 0 Å². The van der Waals surface area contributed by atoms with Crippen molar-refractivity contribution in [2.45, 2.75) is 83.3 Å². The van der Waals surface area contributed by atoms with Gasteiger partial charge in [0.05, 0.1) is 61.6 Å². The maximum atomic E-state index is 15.0. The lowest BCUT2D eigenvalue weighted by atomic mass is 10.0. The Morgan fingerprint density at radius 3 is 2.34 bits per heavy atom. The van der Waals surface area contributed by atoms with Gasteiger partial charge in [-0.3, -0.25) is 14.4 Å². The molecule has 2 saturated heterocycles. The zero-order valence-electron chi connectivity index (χ0n) is 34.1. The Balaban J connectivity index is 1.12. The van der Waals surface area contributed by atoms with E-state index < -0.39 is 75.5 Å². The Kier molecular flexibility index (Phi) is 11.4. The Bertz CT molecular complexity index is 2410. The highest BCUT2D eigenvalue weighted by atomic mass is 32.1. The van der Waals surface area contributed by atoms with Crippen LogP contribution < -0.4 is 10.6 Å². The summed E-state index contributed by atoms with van der Waals surface area (Å²) < 4.78 is 34.7. The second-order valence-electron chi connectivity index (χ2n) is 17.1. The third-order valence-corrected chi connectivity index (χ3v) is 15.1. The van der Waals surface area contributed by atoms with Crippen molar-refractivity contribution >= 4 is 65.0 Å². The number of methoxy groups -OCH3 is 1. The summed E-state index contributed by atoms with van der Waals surface area (Å²) in [4.78, 5) is 72.7. The second kappa shape index (κ2) is 16.1. The number of H-pyrrole nitrogens is 2. The number of halogens is 2. The van der Waals surface area contributed by atoms with Gasteiger partial charge in [-0.2, -0.15) is 0 Å². The number of nitrogens with zero attached hydrogens (tertiary/aromatic N) is 4. The third-order valence-electron chi connectivity index (χ3n) is 11.2. The summed E-state index contributed by atoms with van der Waals surface area (Å²) in [6.07, 6.45) is 1.18. The van der Waals surface area contributed by atoms with E-state index in [1.165, 1.54) is 7.11 Å². The monoisotopic (exact) mass is 848 g/mol. The number of aliphatic hydroxyl groups excluding tert-OH is 1. The predicted octanol–water partition coefficient (Wildman–Crippen LogP) is 6.39. The quantitative estimate of drug-likeness (QED) is 0.0948. The molecule has 0 spiro atoms. The average Bonchev–Trinajstić information content (AvgIpc) is 4.03. The van der Waals surface area contributed by atoms with Crippen molar-refractivity contribution in [3.8, 4) is 21.0 Å². The molecule has 5 N–H and O–H groups in total. The smallest absolute Gasteiger partial charge is 0.407 e. The molecule has 59 heavy (non-hydrogen) atoms. The summed E-state index contributed by atoms with van der Waals surface area (Å²) in [6, 6.07) is 11.6. The zero-order valence-corrected chi connectivity index (χ0v) is 35.9. The molecule has 2 fully saturated rings. The Hall–Kier alpha value is -5.20. The van der Waals surface area contributed by atoms with Crippen molar-refractivity contribution in [2.75, 3.05) is 26.4 Å².